The zero-order chi connectivity index (χ0) is 19.2. The third-order valence-corrected chi connectivity index (χ3v) is 5.77. The molecule has 6 heteroatoms. The van der Waals surface area contributed by atoms with E-state index in [0.717, 1.165) is 43.3 Å². The van der Waals surface area contributed by atoms with Crippen molar-refractivity contribution in [2.45, 2.75) is 13.1 Å². The fourth-order valence-electron chi connectivity index (χ4n) is 3.35. The van der Waals surface area contributed by atoms with Crippen molar-refractivity contribution in [3.63, 3.8) is 0 Å². The molecule has 1 fully saturated rings. The fourth-order valence-corrected chi connectivity index (χ4v) is 4.17. The largest absolute Gasteiger partial charge is 0.369 e. The third kappa shape index (κ3) is 4.77. The molecule has 0 saturated carbocycles. The predicted octanol–water partition coefficient (Wildman–Crippen LogP) is 3.40. The molecular weight excluding hydrogens is 368 g/mol. The smallest absolute Gasteiger partial charge is 0.271 e. The van der Waals surface area contributed by atoms with Gasteiger partial charge in [-0.2, -0.15) is 0 Å². The van der Waals surface area contributed by atoms with E-state index in [1.54, 1.807) is 11.3 Å². The molecule has 28 heavy (non-hydrogen) atoms. The highest BCUT2D eigenvalue weighted by Crippen LogP contribution is 2.18. The normalized spacial score (nSPS) is 14.8. The van der Waals surface area contributed by atoms with Gasteiger partial charge >= 0.3 is 0 Å². The van der Waals surface area contributed by atoms with Gasteiger partial charge in [0.05, 0.1) is 6.54 Å². The van der Waals surface area contributed by atoms with Crippen molar-refractivity contribution in [2.75, 3.05) is 31.1 Å². The second kappa shape index (κ2) is 8.99. The molecule has 1 aromatic heterocycles. The minimum atomic E-state index is -0.111. The van der Waals surface area contributed by atoms with Gasteiger partial charge in [-0.15, -0.1) is 11.3 Å². The van der Waals surface area contributed by atoms with Crippen LogP contribution in [-0.2, 0) is 13.1 Å². The molecule has 5 nitrogen and oxygen atoms in total. The highest BCUT2D eigenvalue weighted by molar-refractivity contribution is 7.09. The maximum atomic E-state index is 12.3. The predicted molar refractivity (Wildman–Crippen MR) is 114 cm³/mol. The van der Waals surface area contributed by atoms with Crippen LogP contribution in [0.1, 0.15) is 21.1 Å². The highest BCUT2D eigenvalue weighted by Gasteiger charge is 2.19. The van der Waals surface area contributed by atoms with Crippen LogP contribution in [0.4, 0.5) is 5.69 Å². The van der Waals surface area contributed by atoms with Crippen LogP contribution in [0.3, 0.4) is 0 Å². The monoisotopic (exact) mass is 392 g/mol. The molecule has 0 spiro atoms. The lowest BCUT2D eigenvalue weighted by Gasteiger charge is -2.35. The van der Waals surface area contributed by atoms with Crippen LogP contribution >= 0.6 is 11.3 Å². The molecule has 4 rings (SSSR count). The Hall–Kier alpha value is -2.70. The Balaban J connectivity index is 1.26. The number of amides is 1. The summed E-state index contributed by atoms with van der Waals surface area (Å²) in [5.41, 5.74) is 2.88. The fraction of sp³-hybridized carbons (Fsp3) is 0.273. The Morgan fingerprint density at radius 3 is 2.36 bits per heavy atom. The summed E-state index contributed by atoms with van der Waals surface area (Å²) in [6.07, 6.45) is 0. The van der Waals surface area contributed by atoms with E-state index in [1.165, 1.54) is 5.69 Å². The summed E-state index contributed by atoms with van der Waals surface area (Å²) < 4.78 is 0. The van der Waals surface area contributed by atoms with Crippen LogP contribution < -0.4 is 10.2 Å². The van der Waals surface area contributed by atoms with E-state index in [0.29, 0.717) is 12.2 Å². The van der Waals surface area contributed by atoms with E-state index in [4.69, 9.17) is 0 Å². The SMILES string of the molecule is O=C(NCc1ccccc1)c1csc(CN2CCN(c3ccccc3)CC2)n1. The molecule has 0 bridgehead atoms. The van der Waals surface area contributed by atoms with Gasteiger partial charge in [-0.1, -0.05) is 48.5 Å². The van der Waals surface area contributed by atoms with Crippen LogP contribution in [0, 0.1) is 0 Å². The molecule has 1 saturated heterocycles. The van der Waals surface area contributed by atoms with E-state index >= 15 is 0 Å². The van der Waals surface area contributed by atoms with Gasteiger partial charge in [0.15, 0.2) is 0 Å². The average Bonchev–Trinajstić information content (AvgIpc) is 3.22. The number of hydrogen-bond donors (Lipinski definition) is 1. The number of rotatable bonds is 6. The summed E-state index contributed by atoms with van der Waals surface area (Å²) in [6.45, 7) is 5.36. The minimum Gasteiger partial charge on any atom is -0.369 e. The quantitative estimate of drug-likeness (QED) is 0.699. The number of piperazine rings is 1. The minimum absolute atomic E-state index is 0.111. The molecule has 1 aliphatic rings. The summed E-state index contributed by atoms with van der Waals surface area (Å²) in [5, 5.41) is 5.80. The molecule has 144 valence electrons. The molecule has 0 unspecified atom stereocenters. The number of carbonyl (C=O) groups excluding carboxylic acids is 1. The average molecular weight is 393 g/mol. The number of thiazole rings is 1. The zero-order valence-electron chi connectivity index (χ0n) is 15.8. The summed E-state index contributed by atoms with van der Waals surface area (Å²) in [7, 11) is 0. The lowest BCUT2D eigenvalue weighted by atomic mass is 10.2. The number of para-hydroxylation sites is 1. The van der Waals surface area contributed by atoms with Gasteiger partial charge in [-0.3, -0.25) is 9.69 Å². The maximum absolute atomic E-state index is 12.3. The van der Waals surface area contributed by atoms with Gasteiger partial charge in [0.2, 0.25) is 0 Å². The van der Waals surface area contributed by atoms with Gasteiger partial charge < -0.3 is 10.2 Å². The lowest BCUT2D eigenvalue weighted by molar-refractivity contribution is 0.0946. The number of benzene rings is 2. The zero-order valence-corrected chi connectivity index (χ0v) is 16.6. The molecule has 1 aliphatic heterocycles. The van der Waals surface area contributed by atoms with E-state index in [9.17, 15) is 4.79 Å². The number of nitrogens with zero attached hydrogens (tertiary/aromatic N) is 3. The molecule has 0 radical (unpaired) electrons. The maximum Gasteiger partial charge on any atom is 0.271 e. The second-order valence-corrected chi connectivity index (χ2v) is 7.84. The number of hydrogen-bond acceptors (Lipinski definition) is 5. The Kier molecular flexibility index (Phi) is 5.99. The van der Waals surface area contributed by atoms with Gasteiger partial charge in [-0.25, -0.2) is 4.98 Å². The number of carbonyl (C=O) groups is 1. The first-order valence-corrected chi connectivity index (χ1v) is 10.4. The number of nitrogens with one attached hydrogen (secondary N) is 1. The summed E-state index contributed by atoms with van der Waals surface area (Å²) in [6, 6.07) is 20.5. The Morgan fingerprint density at radius 2 is 1.64 bits per heavy atom. The van der Waals surface area contributed by atoms with Gasteiger partial charge in [0, 0.05) is 43.8 Å². The molecule has 1 N–H and O–H groups in total. The Bertz CT molecular complexity index is 889. The number of anilines is 1. The Morgan fingerprint density at radius 1 is 0.964 bits per heavy atom. The first kappa shape index (κ1) is 18.7. The summed E-state index contributed by atoms with van der Waals surface area (Å²) in [5.74, 6) is -0.111. The van der Waals surface area contributed by atoms with Crippen molar-refractivity contribution in [1.82, 2.24) is 15.2 Å². The molecule has 0 atom stereocenters. The lowest BCUT2D eigenvalue weighted by Crippen LogP contribution is -2.45. The van der Waals surface area contributed by atoms with E-state index in [1.807, 2.05) is 35.7 Å². The Labute approximate surface area is 169 Å². The van der Waals surface area contributed by atoms with E-state index in [-0.39, 0.29) is 5.91 Å². The third-order valence-electron chi connectivity index (χ3n) is 4.93. The van der Waals surface area contributed by atoms with Crippen molar-refractivity contribution in [3.8, 4) is 0 Å². The topological polar surface area (TPSA) is 48.5 Å². The standard InChI is InChI=1S/C22H24N4OS/c27-22(23-15-18-7-3-1-4-8-18)20-17-28-21(24-20)16-25-11-13-26(14-12-25)19-9-5-2-6-10-19/h1-10,17H,11-16H2,(H,23,27). The van der Waals surface area contributed by atoms with Crippen LogP contribution in [0.5, 0.6) is 0 Å². The molecule has 2 heterocycles. The summed E-state index contributed by atoms with van der Waals surface area (Å²) >= 11 is 1.56. The first-order chi connectivity index (χ1) is 13.8. The molecule has 3 aromatic rings. The van der Waals surface area contributed by atoms with Crippen LogP contribution in [0.2, 0.25) is 0 Å². The van der Waals surface area contributed by atoms with Crippen LogP contribution in [0.15, 0.2) is 66.0 Å². The van der Waals surface area contributed by atoms with Crippen molar-refractivity contribution >= 4 is 22.9 Å². The van der Waals surface area contributed by atoms with Gasteiger partial charge in [0.25, 0.3) is 5.91 Å². The van der Waals surface area contributed by atoms with Gasteiger partial charge in [-0.05, 0) is 17.7 Å². The molecular formula is C22H24N4OS. The summed E-state index contributed by atoms with van der Waals surface area (Å²) in [4.78, 5) is 21.7. The van der Waals surface area contributed by atoms with Crippen molar-refractivity contribution in [3.05, 3.63) is 82.3 Å². The van der Waals surface area contributed by atoms with Crippen molar-refractivity contribution in [2.24, 2.45) is 0 Å². The van der Waals surface area contributed by atoms with Crippen molar-refractivity contribution < 1.29 is 4.79 Å². The second-order valence-electron chi connectivity index (χ2n) is 6.89. The molecule has 0 aliphatic carbocycles. The molecule has 2 aromatic carbocycles. The highest BCUT2D eigenvalue weighted by atomic mass is 32.1. The van der Waals surface area contributed by atoms with Gasteiger partial charge in [0.1, 0.15) is 10.7 Å². The van der Waals surface area contributed by atoms with E-state index < -0.39 is 0 Å². The molecule has 1 amide bonds. The number of aromatic nitrogens is 1. The van der Waals surface area contributed by atoms with Crippen LogP contribution in [-0.4, -0.2) is 42.0 Å². The first-order valence-electron chi connectivity index (χ1n) is 9.57. The van der Waals surface area contributed by atoms with E-state index in [2.05, 4.69) is 50.4 Å². The van der Waals surface area contributed by atoms with Crippen LogP contribution in [0.25, 0.3) is 0 Å². The van der Waals surface area contributed by atoms with Crippen molar-refractivity contribution in [1.29, 1.82) is 0 Å².